The molecule has 1 aliphatic rings. The number of aryl methyl sites for hydroxylation is 1. The summed E-state index contributed by atoms with van der Waals surface area (Å²) in [5.41, 5.74) is 0.736. The molecule has 28 heavy (non-hydrogen) atoms. The average Bonchev–Trinajstić information content (AvgIpc) is 3.06. The fraction of sp³-hybridized carbons (Fsp3) is 0.200. The Bertz CT molecular complexity index is 1160. The van der Waals surface area contributed by atoms with Crippen LogP contribution in [0, 0.1) is 0 Å². The Morgan fingerprint density at radius 3 is 2.57 bits per heavy atom. The zero-order valence-corrected chi connectivity index (χ0v) is 16.9. The Morgan fingerprint density at radius 1 is 1.18 bits per heavy atom. The molecule has 0 spiro atoms. The number of amides is 1. The highest BCUT2D eigenvalue weighted by molar-refractivity contribution is 8.14. The smallest absolute Gasteiger partial charge is 0.280 e. The minimum atomic E-state index is -0.267. The fourth-order valence-corrected chi connectivity index (χ4v) is 4.24. The Balaban J connectivity index is 1.78. The van der Waals surface area contributed by atoms with Crippen LogP contribution in [0.3, 0.4) is 0 Å². The number of carbonyl (C=O) groups excluding carboxylic acids is 1. The highest BCUT2D eigenvalue weighted by Gasteiger charge is 2.33. The molecule has 1 aliphatic heterocycles. The predicted molar refractivity (Wildman–Crippen MR) is 114 cm³/mol. The molecule has 8 heteroatoms. The maximum atomic E-state index is 13.4. The van der Waals surface area contributed by atoms with Crippen LogP contribution in [0.5, 0.6) is 0 Å². The van der Waals surface area contributed by atoms with Crippen molar-refractivity contribution in [1.29, 1.82) is 0 Å². The number of halogens is 1. The summed E-state index contributed by atoms with van der Waals surface area (Å²) in [6, 6.07) is 14.2. The van der Waals surface area contributed by atoms with Crippen molar-refractivity contribution in [2.45, 2.75) is 12.2 Å². The van der Waals surface area contributed by atoms with Crippen LogP contribution >= 0.6 is 23.4 Å². The maximum Gasteiger partial charge on any atom is 0.280 e. The molecule has 0 saturated carbocycles. The lowest BCUT2D eigenvalue weighted by atomic mass is 10.1. The topological polar surface area (TPSA) is 67.6 Å². The molecule has 0 N–H and O–H groups in total. The van der Waals surface area contributed by atoms with E-state index in [2.05, 4.69) is 10.1 Å². The van der Waals surface area contributed by atoms with Gasteiger partial charge >= 0.3 is 0 Å². The van der Waals surface area contributed by atoms with Gasteiger partial charge in [-0.05, 0) is 30.3 Å². The molecule has 0 bridgehead atoms. The normalized spacial score (nSPS) is 18.2. The number of hydrogen-bond acceptors (Lipinski definition) is 5. The van der Waals surface area contributed by atoms with Gasteiger partial charge in [0.1, 0.15) is 0 Å². The number of nitrogens with zero attached hydrogens (tertiary/aromatic N) is 4. The second-order valence-electron chi connectivity index (χ2n) is 6.54. The van der Waals surface area contributed by atoms with Gasteiger partial charge in [0, 0.05) is 29.3 Å². The van der Waals surface area contributed by atoms with E-state index in [1.807, 2.05) is 6.92 Å². The van der Waals surface area contributed by atoms with Crippen LogP contribution in [0.2, 0.25) is 5.02 Å². The predicted octanol–water partition coefficient (Wildman–Crippen LogP) is 3.85. The largest absolute Gasteiger partial charge is 0.285 e. The summed E-state index contributed by atoms with van der Waals surface area (Å²) < 4.78 is 1.21. The lowest BCUT2D eigenvalue weighted by molar-refractivity contribution is 0.0849. The van der Waals surface area contributed by atoms with Gasteiger partial charge in [-0.3, -0.25) is 14.5 Å². The van der Waals surface area contributed by atoms with Crippen LogP contribution < -0.4 is 5.56 Å². The van der Waals surface area contributed by atoms with Crippen LogP contribution in [-0.4, -0.2) is 37.5 Å². The van der Waals surface area contributed by atoms with Gasteiger partial charge in [-0.25, -0.2) is 9.67 Å². The van der Waals surface area contributed by atoms with Crippen molar-refractivity contribution in [2.24, 2.45) is 12.0 Å². The molecular formula is C20H17ClN4O2S. The third kappa shape index (κ3) is 3.43. The summed E-state index contributed by atoms with van der Waals surface area (Å²) in [5, 5.41) is 6.72. The molecule has 2 aromatic carbocycles. The molecule has 0 radical (unpaired) electrons. The second kappa shape index (κ2) is 7.41. The Kier molecular flexibility index (Phi) is 4.95. The van der Waals surface area contributed by atoms with Crippen molar-refractivity contribution in [3.63, 3.8) is 0 Å². The first-order valence-electron chi connectivity index (χ1n) is 8.73. The summed E-state index contributed by atoms with van der Waals surface area (Å²) in [4.78, 5) is 32.0. The average molecular weight is 413 g/mol. The van der Waals surface area contributed by atoms with Crippen molar-refractivity contribution in [1.82, 2.24) is 14.7 Å². The summed E-state index contributed by atoms with van der Waals surface area (Å²) >= 11 is 7.47. The molecule has 1 aromatic heterocycles. The van der Waals surface area contributed by atoms with E-state index < -0.39 is 0 Å². The lowest BCUT2D eigenvalue weighted by Gasteiger charge is -2.17. The zero-order valence-electron chi connectivity index (χ0n) is 15.3. The van der Waals surface area contributed by atoms with Crippen molar-refractivity contribution < 1.29 is 4.79 Å². The number of benzene rings is 2. The molecule has 0 aliphatic carbocycles. The molecule has 3 aromatic rings. The maximum absolute atomic E-state index is 13.4. The van der Waals surface area contributed by atoms with Crippen LogP contribution in [-0.2, 0) is 7.05 Å². The van der Waals surface area contributed by atoms with Crippen LogP contribution in [0.1, 0.15) is 17.4 Å². The third-order valence-corrected chi connectivity index (χ3v) is 5.76. The van der Waals surface area contributed by atoms with Gasteiger partial charge in [-0.2, -0.15) is 5.10 Å². The van der Waals surface area contributed by atoms with Gasteiger partial charge in [0.05, 0.1) is 11.1 Å². The molecule has 4 rings (SSSR count). The number of rotatable bonds is 2. The van der Waals surface area contributed by atoms with Gasteiger partial charge in [0.25, 0.3) is 11.5 Å². The highest BCUT2D eigenvalue weighted by atomic mass is 35.5. The van der Waals surface area contributed by atoms with E-state index in [9.17, 15) is 9.59 Å². The van der Waals surface area contributed by atoms with E-state index in [4.69, 9.17) is 11.6 Å². The van der Waals surface area contributed by atoms with Crippen molar-refractivity contribution >= 4 is 50.9 Å². The summed E-state index contributed by atoms with van der Waals surface area (Å²) in [6.07, 6.45) is 0. The Hall–Kier alpha value is -2.64. The van der Waals surface area contributed by atoms with Gasteiger partial charge in [0.2, 0.25) is 0 Å². The second-order valence-corrected chi connectivity index (χ2v) is 8.38. The quantitative estimate of drug-likeness (QED) is 0.641. The van der Waals surface area contributed by atoms with Crippen molar-refractivity contribution in [2.75, 3.05) is 6.54 Å². The third-order valence-electron chi connectivity index (χ3n) is 4.43. The van der Waals surface area contributed by atoms with Gasteiger partial charge < -0.3 is 0 Å². The molecule has 1 atom stereocenters. The number of amidine groups is 1. The Labute approximate surface area is 170 Å². The number of fused-ring (bicyclic) bond motifs is 1. The number of aromatic nitrogens is 2. The first-order chi connectivity index (χ1) is 13.4. The van der Waals surface area contributed by atoms with Gasteiger partial charge in [0.15, 0.2) is 10.9 Å². The standard InChI is InChI=1S/C20H17ClN4O2S/c1-12-11-25(20(28-12)22-14-9-7-13(21)8-10-14)19(27)17-15-5-3-4-6-16(15)18(26)24(2)23-17/h3-10,12H,11H2,1-2H3/t12-/m1/s1. The molecule has 142 valence electrons. The number of hydrogen-bond donors (Lipinski definition) is 0. The number of thioether (sulfide) groups is 1. The molecule has 0 unspecified atom stereocenters. The SMILES string of the molecule is C[C@@H]1CN(C(=O)c2nn(C)c(=O)c3ccccc23)C(=Nc2ccc(Cl)cc2)S1. The molecule has 1 fully saturated rings. The molecule has 6 nitrogen and oxygen atoms in total. The van der Waals surface area contributed by atoms with Crippen LogP contribution in [0.4, 0.5) is 5.69 Å². The molecular weight excluding hydrogens is 396 g/mol. The monoisotopic (exact) mass is 412 g/mol. The summed E-state index contributed by atoms with van der Waals surface area (Å²) in [6.45, 7) is 2.57. The number of carbonyl (C=O) groups is 1. The molecule has 1 saturated heterocycles. The van der Waals surface area contributed by atoms with E-state index >= 15 is 0 Å². The van der Waals surface area contributed by atoms with E-state index in [-0.39, 0.29) is 22.4 Å². The molecule has 1 amide bonds. The fourth-order valence-electron chi connectivity index (χ4n) is 3.08. The summed E-state index contributed by atoms with van der Waals surface area (Å²) in [5.74, 6) is -0.267. The zero-order chi connectivity index (χ0) is 19.8. The Morgan fingerprint density at radius 2 is 1.86 bits per heavy atom. The summed E-state index contributed by atoms with van der Waals surface area (Å²) in [7, 11) is 1.55. The van der Waals surface area contributed by atoms with Gasteiger partial charge in [-0.1, -0.05) is 48.5 Å². The van der Waals surface area contributed by atoms with Crippen molar-refractivity contribution in [3.8, 4) is 0 Å². The molecule has 2 heterocycles. The van der Waals surface area contributed by atoms with E-state index in [0.717, 1.165) is 5.69 Å². The van der Waals surface area contributed by atoms with E-state index in [1.165, 1.54) is 16.4 Å². The van der Waals surface area contributed by atoms with Crippen LogP contribution in [0.25, 0.3) is 10.8 Å². The highest BCUT2D eigenvalue weighted by Crippen LogP contribution is 2.30. The lowest BCUT2D eigenvalue weighted by Crippen LogP contribution is -2.35. The minimum Gasteiger partial charge on any atom is -0.285 e. The van der Waals surface area contributed by atoms with E-state index in [0.29, 0.717) is 27.5 Å². The first kappa shape index (κ1) is 18.7. The van der Waals surface area contributed by atoms with Gasteiger partial charge in [-0.15, -0.1) is 0 Å². The first-order valence-corrected chi connectivity index (χ1v) is 9.98. The van der Waals surface area contributed by atoms with Crippen molar-refractivity contribution in [3.05, 3.63) is 69.6 Å². The minimum absolute atomic E-state index is 0.203. The van der Waals surface area contributed by atoms with E-state index in [1.54, 1.807) is 60.5 Å². The van der Waals surface area contributed by atoms with Crippen LogP contribution in [0.15, 0.2) is 58.3 Å². The number of aliphatic imine (C=N–C) groups is 1.